The zero-order valence-corrected chi connectivity index (χ0v) is 15.7. The van der Waals surface area contributed by atoms with Gasteiger partial charge >= 0.3 is 0 Å². The van der Waals surface area contributed by atoms with Crippen LogP contribution in [0.4, 0.5) is 0 Å². The molecule has 3 heterocycles. The van der Waals surface area contributed by atoms with Crippen LogP contribution in [0.25, 0.3) is 11.3 Å². The summed E-state index contributed by atoms with van der Waals surface area (Å²) in [6.45, 7) is 2.68. The number of thioether (sulfide) groups is 1. The zero-order valence-electron chi connectivity index (χ0n) is 14.9. The molecule has 0 amide bonds. The van der Waals surface area contributed by atoms with E-state index in [0.29, 0.717) is 12.4 Å². The van der Waals surface area contributed by atoms with Crippen LogP contribution in [0.2, 0.25) is 0 Å². The fraction of sp³-hybridized carbons (Fsp3) is 0.174. The third-order valence-electron chi connectivity index (χ3n) is 5.10. The van der Waals surface area contributed by atoms with Gasteiger partial charge in [0.2, 0.25) is 0 Å². The summed E-state index contributed by atoms with van der Waals surface area (Å²) in [6.07, 6.45) is 2.30. The highest BCUT2D eigenvalue weighted by Crippen LogP contribution is 2.51. The molecule has 0 aromatic heterocycles. The van der Waals surface area contributed by atoms with E-state index in [-0.39, 0.29) is 0 Å². The highest BCUT2D eigenvalue weighted by Gasteiger charge is 2.34. The molecule has 0 saturated heterocycles. The lowest BCUT2D eigenvalue weighted by molar-refractivity contribution is 0.325. The first-order chi connectivity index (χ1) is 13.3. The minimum Gasteiger partial charge on any atom is -0.492 e. The third-order valence-corrected chi connectivity index (χ3v) is 6.20. The van der Waals surface area contributed by atoms with Crippen molar-refractivity contribution in [3.63, 3.8) is 0 Å². The van der Waals surface area contributed by atoms with E-state index < -0.39 is 0 Å². The quantitative estimate of drug-likeness (QED) is 0.575. The molecule has 5 rings (SSSR count). The molecule has 3 nitrogen and oxygen atoms in total. The van der Waals surface area contributed by atoms with Crippen molar-refractivity contribution in [1.82, 2.24) is 0 Å². The normalized spacial score (nSPS) is 19.0. The fourth-order valence-corrected chi connectivity index (χ4v) is 5.00. The topological polar surface area (TPSA) is 42.2 Å². The van der Waals surface area contributed by atoms with Crippen molar-refractivity contribution in [2.45, 2.75) is 18.2 Å². The van der Waals surface area contributed by atoms with Crippen molar-refractivity contribution in [2.75, 3.05) is 12.4 Å². The first kappa shape index (κ1) is 16.3. The van der Waals surface area contributed by atoms with E-state index in [9.17, 15) is 5.26 Å². The third kappa shape index (κ3) is 2.58. The van der Waals surface area contributed by atoms with E-state index in [1.807, 2.05) is 6.07 Å². The van der Waals surface area contributed by atoms with Gasteiger partial charge in [-0.3, -0.25) is 0 Å². The molecule has 0 radical (unpaired) electrons. The monoisotopic (exact) mass is 371 g/mol. The lowest BCUT2D eigenvalue weighted by Crippen LogP contribution is -2.15. The number of nitriles is 1. The van der Waals surface area contributed by atoms with Gasteiger partial charge in [0.25, 0.3) is 0 Å². The van der Waals surface area contributed by atoms with Crippen LogP contribution in [-0.4, -0.2) is 12.4 Å². The second-order valence-corrected chi connectivity index (χ2v) is 7.80. The van der Waals surface area contributed by atoms with Crippen LogP contribution in [0.1, 0.15) is 23.1 Å². The van der Waals surface area contributed by atoms with Crippen molar-refractivity contribution in [3.05, 3.63) is 82.1 Å². The molecule has 0 bridgehead atoms. The summed E-state index contributed by atoms with van der Waals surface area (Å²) < 4.78 is 12.4. The van der Waals surface area contributed by atoms with Gasteiger partial charge in [-0.15, -0.1) is 11.8 Å². The van der Waals surface area contributed by atoms with E-state index in [4.69, 9.17) is 9.47 Å². The lowest BCUT2D eigenvalue weighted by Gasteiger charge is -2.31. The number of aryl methyl sites for hydroxylation is 1. The zero-order chi connectivity index (χ0) is 18.4. The largest absolute Gasteiger partial charge is 0.492 e. The molecule has 4 heteroatoms. The Balaban J connectivity index is 1.82. The minimum absolute atomic E-state index is 0.613. The Bertz CT molecular complexity index is 1100. The van der Waals surface area contributed by atoms with Crippen LogP contribution in [-0.2, 0) is 4.74 Å². The second kappa shape index (κ2) is 6.37. The molecule has 3 aliphatic rings. The van der Waals surface area contributed by atoms with Crippen LogP contribution >= 0.6 is 11.8 Å². The summed E-state index contributed by atoms with van der Waals surface area (Å²) in [5.41, 5.74) is 6.84. The second-order valence-electron chi connectivity index (χ2n) is 6.78. The van der Waals surface area contributed by atoms with Crippen LogP contribution in [0.5, 0.6) is 5.75 Å². The Morgan fingerprint density at radius 1 is 1.11 bits per heavy atom. The number of benzene rings is 2. The van der Waals surface area contributed by atoms with Crippen LogP contribution < -0.4 is 4.74 Å². The van der Waals surface area contributed by atoms with Gasteiger partial charge in [0.1, 0.15) is 17.3 Å². The summed E-state index contributed by atoms with van der Waals surface area (Å²) in [6, 6.07) is 16.8. The van der Waals surface area contributed by atoms with Gasteiger partial charge in [0.05, 0.1) is 24.3 Å². The predicted octanol–water partition coefficient (Wildman–Crippen LogP) is 5.49. The van der Waals surface area contributed by atoms with Crippen molar-refractivity contribution in [1.29, 1.82) is 5.26 Å². The molecular formula is C23H17NO2S. The van der Waals surface area contributed by atoms with Gasteiger partial charge in [-0.05, 0) is 36.3 Å². The number of nitrogens with zero attached hydrogens (tertiary/aromatic N) is 1. The van der Waals surface area contributed by atoms with Crippen LogP contribution in [0.3, 0.4) is 0 Å². The lowest BCUT2D eigenvalue weighted by atomic mass is 9.86. The summed E-state index contributed by atoms with van der Waals surface area (Å²) in [5.74, 6) is 3.12. The van der Waals surface area contributed by atoms with Crippen molar-refractivity contribution in [3.8, 4) is 11.8 Å². The molecule has 2 aromatic carbocycles. The molecule has 27 heavy (non-hydrogen) atoms. The summed E-state index contributed by atoms with van der Waals surface area (Å²) in [7, 11) is 0. The Morgan fingerprint density at radius 2 is 2.00 bits per heavy atom. The van der Waals surface area contributed by atoms with E-state index in [1.54, 1.807) is 11.8 Å². The Labute approximate surface area is 162 Å². The smallest absolute Gasteiger partial charge is 0.142 e. The average molecular weight is 371 g/mol. The molecular weight excluding hydrogens is 354 g/mol. The van der Waals surface area contributed by atoms with Crippen molar-refractivity contribution < 1.29 is 9.47 Å². The Morgan fingerprint density at radius 3 is 2.89 bits per heavy atom. The van der Waals surface area contributed by atoms with E-state index in [1.165, 1.54) is 27.7 Å². The molecule has 0 unspecified atom stereocenters. The first-order valence-corrected chi connectivity index (χ1v) is 9.95. The number of fused-ring (bicyclic) bond motifs is 5. The van der Waals surface area contributed by atoms with Gasteiger partial charge in [0, 0.05) is 28.2 Å². The SMILES string of the molecule is Cc1ccc2c(c1)C1=C(CCO2)C2=C(CSc3ccccc32)/C(=C/C#N)O1. The van der Waals surface area contributed by atoms with E-state index in [2.05, 4.69) is 49.4 Å². The maximum absolute atomic E-state index is 9.32. The predicted molar refractivity (Wildman–Crippen MR) is 107 cm³/mol. The highest BCUT2D eigenvalue weighted by molar-refractivity contribution is 7.99. The molecule has 0 fully saturated rings. The van der Waals surface area contributed by atoms with Crippen molar-refractivity contribution in [2.24, 2.45) is 0 Å². The number of rotatable bonds is 0. The maximum Gasteiger partial charge on any atom is 0.142 e. The standard InChI is InChI=1S/C23H17NO2S/c1-14-6-7-19-17(12-14)23-16(9-11-25-19)22-15-4-2-3-5-21(15)27-13-18(22)20(26-23)8-10-24/h2-8,12H,9,11,13H2,1H3/b20-8-. The first-order valence-electron chi connectivity index (χ1n) is 8.97. The molecule has 0 aliphatic carbocycles. The summed E-state index contributed by atoms with van der Waals surface area (Å²) in [5, 5.41) is 9.32. The van der Waals surface area contributed by atoms with E-state index in [0.717, 1.165) is 40.4 Å². The maximum atomic E-state index is 9.32. The summed E-state index contributed by atoms with van der Waals surface area (Å²) >= 11 is 1.79. The van der Waals surface area contributed by atoms with E-state index >= 15 is 0 Å². The molecule has 0 spiro atoms. The van der Waals surface area contributed by atoms with Gasteiger partial charge in [0.15, 0.2) is 0 Å². The van der Waals surface area contributed by atoms with Crippen molar-refractivity contribution >= 4 is 23.1 Å². The highest BCUT2D eigenvalue weighted by atomic mass is 32.2. The molecule has 0 atom stereocenters. The minimum atomic E-state index is 0.613. The number of hydrogen-bond donors (Lipinski definition) is 0. The number of ether oxygens (including phenoxy) is 2. The molecule has 132 valence electrons. The number of hydrogen-bond acceptors (Lipinski definition) is 4. The van der Waals surface area contributed by atoms with Gasteiger partial charge < -0.3 is 9.47 Å². The van der Waals surface area contributed by atoms with Gasteiger partial charge in [-0.2, -0.15) is 5.26 Å². The molecule has 0 N–H and O–H groups in total. The van der Waals surface area contributed by atoms with Crippen LogP contribution in [0, 0.1) is 18.3 Å². The average Bonchev–Trinajstić information content (AvgIpc) is 2.87. The van der Waals surface area contributed by atoms with Crippen LogP contribution in [0.15, 0.2) is 70.3 Å². The fourth-order valence-electron chi connectivity index (χ4n) is 3.91. The van der Waals surface area contributed by atoms with Gasteiger partial charge in [-0.1, -0.05) is 29.8 Å². The number of allylic oxidation sites excluding steroid dienone is 3. The Kier molecular flexibility index (Phi) is 3.84. The Hall–Kier alpha value is -2.90. The summed E-state index contributed by atoms with van der Waals surface area (Å²) in [4.78, 5) is 1.27. The molecule has 2 aromatic rings. The molecule has 3 aliphatic heterocycles. The molecule has 0 saturated carbocycles. The van der Waals surface area contributed by atoms with Gasteiger partial charge in [-0.25, -0.2) is 0 Å².